The van der Waals surface area contributed by atoms with Crippen LogP contribution < -0.4 is 19.9 Å². The van der Waals surface area contributed by atoms with Crippen LogP contribution in [-0.2, 0) is 17.0 Å². The van der Waals surface area contributed by atoms with Crippen molar-refractivity contribution >= 4 is 23.4 Å². The molecule has 1 aromatic heterocycles. The summed E-state index contributed by atoms with van der Waals surface area (Å²) in [5, 5.41) is 0.540. The lowest BCUT2D eigenvalue weighted by Gasteiger charge is -2.36. The van der Waals surface area contributed by atoms with E-state index in [1.54, 1.807) is 21.1 Å². The van der Waals surface area contributed by atoms with E-state index in [-0.39, 0.29) is 17.9 Å². The number of nitrogens with one attached hydrogen (secondary N) is 1. The van der Waals surface area contributed by atoms with Crippen LogP contribution in [0, 0.1) is 6.92 Å². The number of H-pyrrole nitrogens is 1. The highest BCUT2D eigenvalue weighted by Gasteiger charge is 2.23. The second-order valence-electron chi connectivity index (χ2n) is 8.32. The topological polar surface area (TPSA) is 87.8 Å². The van der Waals surface area contributed by atoms with Gasteiger partial charge in [0, 0.05) is 54.9 Å². The lowest BCUT2D eigenvalue weighted by Crippen LogP contribution is -2.49. The third-order valence-electron chi connectivity index (χ3n) is 6.09. The fourth-order valence-corrected chi connectivity index (χ4v) is 4.91. The highest BCUT2D eigenvalue weighted by atomic mass is 32.2. The van der Waals surface area contributed by atoms with Gasteiger partial charge in [-0.1, -0.05) is 30.0 Å². The fourth-order valence-electron chi connectivity index (χ4n) is 4.06. The third kappa shape index (κ3) is 6.16. The van der Waals surface area contributed by atoms with Crippen LogP contribution in [0.4, 0.5) is 5.69 Å². The lowest BCUT2D eigenvalue weighted by molar-refractivity contribution is -0.130. The number of amides is 1. The van der Waals surface area contributed by atoms with Crippen LogP contribution in [-0.4, -0.2) is 61.2 Å². The largest absolute Gasteiger partial charge is 0.497 e. The summed E-state index contributed by atoms with van der Waals surface area (Å²) in [4.78, 5) is 37.2. The molecule has 2 heterocycles. The van der Waals surface area contributed by atoms with E-state index in [1.165, 1.54) is 11.8 Å². The number of hydrogen-bond donors (Lipinski definition) is 1. The molecule has 1 saturated heterocycles. The molecule has 1 N–H and O–H groups in total. The summed E-state index contributed by atoms with van der Waals surface area (Å²) in [7, 11) is 3.29. The molecule has 0 unspecified atom stereocenters. The smallest absolute Gasteiger partial charge is 0.255 e. The molecule has 9 heteroatoms. The van der Waals surface area contributed by atoms with Gasteiger partial charge in [0.15, 0.2) is 5.16 Å². The standard InChI is InChI=1S/C26H30N4O4S/c1-18-23(25(32)28-26(27-18)35-17-19-6-4-8-21(14-19)33-2)16-24(31)30-12-10-29(11-13-30)20-7-5-9-22(15-20)34-3/h4-9,14-15H,10-13,16-17H2,1-3H3,(H,27,28,32). The van der Waals surface area contributed by atoms with E-state index in [0.29, 0.717) is 35.3 Å². The number of carbonyl (C=O) groups is 1. The second kappa shape index (κ2) is 11.3. The van der Waals surface area contributed by atoms with Gasteiger partial charge in [0.1, 0.15) is 11.5 Å². The summed E-state index contributed by atoms with van der Waals surface area (Å²) in [6.45, 7) is 4.46. The normalized spacial score (nSPS) is 13.6. The summed E-state index contributed by atoms with van der Waals surface area (Å²) < 4.78 is 10.6. The maximum atomic E-state index is 13.0. The van der Waals surface area contributed by atoms with E-state index in [1.807, 2.05) is 53.4 Å². The first-order valence-electron chi connectivity index (χ1n) is 11.5. The molecule has 3 aromatic rings. The van der Waals surface area contributed by atoms with Gasteiger partial charge < -0.3 is 24.3 Å². The predicted octanol–water partition coefficient (Wildman–Crippen LogP) is 3.28. The number of carbonyl (C=O) groups excluding carboxylic acids is 1. The summed E-state index contributed by atoms with van der Waals surface area (Å²) in [5.74, 6) is 2.20. The van der Waals surface area contributed by atoms with Crippen molar-refractivity contribution in [2.75, 3.05) is 45.3 Å². The molecule has 2 aromatic carbocycles. The summed E-state index contributed by atoms with van der Waals surface area (Å²) in [5.41, 5.74) is 2.91. The maximum absolute atomic E-state index is 13.0. The molecule has 0 atom stereocenters. The Morgan fingerprint density at radius 1 is 1.03 bits per heavy atom. The number of rotatable bonds is 8. The molecular formula is C26H30N4O4S. The van der Waals surface area contributed by atoms with Gasteiger partial charge in [-0.25, -0.2) is 4.98 Å². The number of methoxy groups -OCH3 is 2. The summed E-state index contributed by atoms with van der Waals surface area (Å²) in [6.07, 6.45) is 0.0498. The van der Waals surface area contributed by atoms with Gasteiger partial charge in [0.25, 0.3) is 5.56 Å². The van der Waals surface area contributed by atoms with Crippen molar-refractivity contribution in [3.63, 3.8) is 0 Å². The molecular weight excluding hydrogens is 464 g/mol. The van der Waals surface area contributed by atoms with Crippen molar-refractivity contribution in [2.24, 2.45) is 0 Å². The molecule has 1 aliphatic heterocycles. The SMILES string of the molecule is COc1cccc(CSc2nc(C)c(CC(=O)N3CCN(c4cccc(OC)c4)CC3)c(=O)[nH]2)c1. The minimum absolute atomic E-state index is 0.0498. The molecule has 184 valence electrons. The second-order valence-corrected chi connectivity index (χ2v) is 9.29. The number of ether oxygens (including phenoxy) is 2. The van der Waals surface area contributed by atoms with Gasteiger partial charge in [-0.3, -0.25) is 9.59 Å². The van der Waals surface area contributed by atoms with Crippen molar-refractivity contribution < 1.29 is 14.3 Å². The zero-order chi connectivity index (χ0) is 24.8. The van der Waals surface area contributed by atoms with Gasteiger partial charge in [0.05, 0.1) is 20.6 Å². The average molecular weight is 495 g/mol. The van der Waals surface area contributed by atoms with Crippen molar-refractivity contribution in [1.29, 1.82) is 0 Å². The Morgan fingerprint density at radius 3 is 2.40 bits per heavy atom. The minimum Gasteiger partial charge on any atom is -0.497 e. The first-order valence-corrected chi connectivity index (χ1v) is 12.5. The molecule has 1 fully saturated rings. The Kier molecular flexibility index (Phi) is 7.97. The van der Waals surface area contributed by atoms with Gasteiger partial charge in [0.2, 0.25) is 5.91 Å². The average Bonchev–Trinajstić information content (AvgIpc) is 2.89. The van der Waals surface area contributed by atoms with E-state index in [4.69, 9.17) is 9.47 Å². The Bertz CT molecular complexity index is 1240. The number of piperazine rings is 1. The number of aromatic amines is 1. The number of benzene rings is 2. The third-order valence-corrected chi connectivity index (χ3v) is 7.03. The monoisotopic (exact) mass is 494 g/mol. The molecule has 0 saturated carbocycles. The van der Waals surface area contributed by atoms with Crippen LogP contribution in [0.25, 0.3) is 0 Å². The first kappa shape index (κ1) is 24.7. The highest BCUT2D eigenvalue weighted by molar-refractivity contribution is 7.98. The van der Waals surface area contributed by atoms with Crippen molar-refractivity contribution in [2.45, 2.75) is 24.3 Å². The molecule has 1 amide bonds. The molecule has 0 radical (unpaired) electrons. The molecule has 4 rings (SSSR count). The molecule has 8 nitrogen and oxygen atoms in total. The number of aryl methyl sites for hydroxylation is 1. The van der Waals surface area contributed by atoms with Crippen molar-refractivity contribution in [3.05, 3.63) is 75.7 Å². The van der Waals surface area contributed by atoms with Crippen LogP contribution >= 0.6 is 11.8 Å². The Balaban J connectivity index is 1.34. The minimum atomic E-state index is -0.256. The van der Waals surface area contributed by atoms with Gasteiger partial charge in [-0.2, -0.15) is 0 Å². The summed E-state index contributed by atoms with van der Waals surface area (Å²) >= 11 is 1.45. The van der Waals surface area contributed by atoms with Gasteiger partial charge in [-0.15, -0.1) is 0 Å². The van der Waals surface area contributed by atoms with Crippen LogP contribution in [0.15, 0.2) is 58.5 Å². The molecule has 0 spiro atoms. The van der Waals surface area contributed by atoms with E-state index in [9.17, 15) is 9.59 Å². The molecule has 0 aliphatic carbocycles. The van der Waals surface area contributed by atoms with E-state index < -0.39 is 0 Å². The van der Waals surface area contributed by atoms with E-state index >= 15 is 0 Å². The fraction of sp³-hybridized carbons (Fsp3) is 0.346. The highest BCUT2D eigenvalue weighted by Crippen LogP contribution is 2.23. The van der Waals surface area contributed by atoms with Crippen molar-refractivity contribution in [1.82, 2.24) is 14.9 Å². The first-order chi connectivity index (χ1) is 17.0. The number of thioether (sulfide) groups is 1. The van der Waals surface area contributed by atoms with Crippen LogP contribution in [0.3, 0.4) is 0 Å². The molecule has 1 aliphatic rings. The summed E-state index contributed by atoms with van der Waals surface area (Å²) in [6, 6.07) is 15.7. The number of hydrogen-bond acceptors (Lipinski definition) is 7. The molecule has 35 heavy (non-hydrogen) atoms. The number of anilines is 1. The van der Waals surface area contributed by atoms with Crippen LogP contribution in [0.5, 0.6) is 11.5 Å². The van der Waals surface area contributed by atoms with Crippen LogP contribution in [0.2, 0.25) is 0 Å². The Hall–Kier alpha value is -3.46. The van der Waals surface area contributed by atoms with E-state index in [2.05, 4.69) is 14.9 Å². The predicted molar refractivity (Wildman–Crippen MR) is 138 cm³/mol. The molecule has 0 bridgehead atoms. The van der Waals surface area contributed by atoms with E-state index in [0.717, 1.165) is 35.8 Å². The number of aromatic nitrogens is 2. The van der Waals surface area contributed by atoms with Crippen LogP contribution in [0.1, 0.15) is 16.8 Å². The number of nitrogens with zero attached hydrogens (tertiary/aromatic N) is 3. The van der Waals surface area contributed by atoms with Crippen molar-refractivity contribution in [3.8, 4) is 11.5 Å². The van der Waals surface area contributed by atoms with Gasteiger partial charge >= 0.3 is 0 Å². The zero-order valence-electron chi connectivity index (χ0n) is 20.2. The quantitative estimate of drug-likeness (QED) is 0.380. The zero-order valence-corrected chi connectivity index (χ0v) is 21.1. The lowest BCUT2D eigenvalue weighted by atomic mass is 10.1. The Morgan fingerprint density at radius 2 is 1.71 bits per heavy atom. The van der Waals surface area contributed by atoms with Gasteiger partial charge in [-0.05, 0) is 36.8 Å². The Labute approximate surface area is 209 Å². The maximum Gasteiger partial charge on any atom is 0.255 e.